The zero-order chi connectivity index (χ0) is 21.3. The molecule has 0 saturated carbocycles. The molecule has 0 aromatic heterocycles. The van der Waals surface area contributed by atoms with Crippen LogP contribution in [0.2, 0.25) is 0 Å². The van der Waals surface area contributed by atoms with Crippen LogP contribution in [0.3, 0.4) is 0 Å². The summed E-state index contributed by atoms with van der Waals surface area (Å²) in [7, 11) is 0. The maximum absolute atomic E-state index is 12.7. The van der Waals surface area contributed by atoms with Crippen LogP contribution in [0, 0.1) is 11.3 Å². The van der Waals surface area contributed by atoms with Crippen molar-refractivity contribution in [3.63, 3.8) is 0 Å². The van der Waals surface area contributed by atoms with Crippen LogP contribution < -0.4 is 10.1 Å². The predicted octanol–water partition coefficient (Wildman–Crippen LogP) is 4.32. The third-order valence-electron chi connectivity index (χ3n) is 4.33. The van der Waals surface area contributed by atoms with Crippen molar-refractivity contribution < 1.29 is 19.1 Å². The molecule has 0 aliphatic rings. The molecule has 0 unspecified atom stereocenters. The van der Waals surface area contributed by atoms with E-state index in [0.717, 1.165) is 0 Å². The quantitative estimate of drug-likeness (QED) is 0.597. The molecule has 1 atom stereocenters. The molecule has 6 heteroatoms. The average molecular weight is 400 g/mol. The first-order chi connectivity index (χ1) is 14.6. The van der Waals surface area contributed by atoms with Gasteiger partial charge in [0, 0.05) is 5.56 Å². The van der Waals surface area contributed by atoms with Gasteiger partial charge in [-0.1, -0.05) is 48.5 Å². The van der Waals surface area contributed by atoms with E-state index >= 15 is 0 Å². The van der Waals surface area contributed by atoms with Crippen LogP contribution in [0.5, 0.6) is 5.75 Å². The lowest BCUT2D eigenvalue weighted by Gasteiger charge is -2.16. The molecule has 0 spiro atoms. The van der Waals surface area contributed by atoms with Gasteiger partial charge in [-0.25, -0.2) is 4.79 Å². The maximum Gasteiger partial charge on any atom is 0.339 e. The van der Waals surface area contributed by atoms with E-state index in [1.165, 1.54) is 6.92 Å². The number of para-hydroxylation sites is 2. The highest BCUT2D eigenvalue weighted by Gasteiger charge is 2.21. The second kappa shape index (κ2) is 9.89. The third kappa shape index (κ3) is 5.24. The lowest BCUT2D eigenvalue weighted by molar-refractivity contribution is -0.123. The van der Waals surface area contributed by atoms with E-state index in [9.17, 15) is 9.59 Å². The highest BCUT2D eigenvalue weighted by atomic mass is 16.5. The number of carbonyl (C=O) groups excluding carboxylic acids is 2. The molecule has 3 aromatic carbocycles. The fourth-order valence-corrected chi connectivity index (χ4v) is 2.72. The smallest absolute Gasteiger partial charge is 0.339 e. The van der Waals surface area contributed by atoms with Crippen LogP contribution in [0.25, 0.3) is 0 Å². The van der Waals surface area contributed by atoms with Crippen molar-refractivity contribution in [1.29, 1.82) is 5.26 Å². The number of hydrogen-bond donors (Lipinski definition) is 1. The van der Waals surface area contributed by atoms with Crippen molar-refractivity contribution in [2.45, 2.75) is 19.6 Å². The largest absolute Gasteiger partial charge is 0.489 e. The first-order valence-electron chi connectivity index (χ1n) is 9.35. The number of ether oxygens (including phenoxy) is 2. The van der Waals surface area contributed by atoms with Gasteiger partial charge in [0.15, 0.2) is 6.10 Å². The summed E-state index contributed by atoms with van der Waals surface area (Å²) in [6.07, 6.45) is -1.05. The Bertz CT molecular complexity index is 1070. The molecule has 150 valence electrons. The minimum absolute atomic E-state index is 0.186. The number of benzene rings is 3. The van der Waals surface area contributed by atoms with E-state index in [1.807, 2.05) is 36.4 Å². The number of amides is 1. The Morgan fingerprint density at radius 1 is 0.967 bits per heavy atom. The van der Waals surface area contributed by atoms with E-state index in [0.29, 0.717) is 28.1 Å². The Hall–Kier alpha value is -4.11. The molecule has 0 heterocycles. The topological polar surface area (TPSA) is 88.4 Å². The van der Waals surface area contributed by atoms with Crippen LogP contribution >= 0.6 is 0 Å². The number of nitriles is 1. The maximum atomic E-state index is 12.7. The van der Waals surface area contributed by atoms with Gasteiger partial charge in [-0.05, 0) is 37.3 Å². The molecular weight excluding hydrogens is 380 g/mol. The van der Waals surface area contributed by atoms with E-state index < -0.39 is 18.0 Å². The minimum Gasteiger partial charge on any atom is -0.489 e. The number of esters is 1. The van der Waals surface area contributed by atoms with Crippen molar-refractivity contribution in [3.8, 4) is 11.8 Å². The molecule has 0 aliphatic carbocycles. The average Bonchev–Trinajstić information content (AvgIpc) is 2.78. The molecule has 1 amide bonds. The summed E-state index contributed by atoms with van der Waals surface area (Å²) in [5.74, 6) is -0.466. The van der Waals surface area contributed by atoms with Gasteiger partial charge in [-0.2, -0.15) is 5.26 Å². The molecule has 1 N–H and O–H groups in total. The van der Waals surface area contributed by atoms with Gasteiger partial charge < -0.3 is 14.8 Å². The predicted molar refractivity (Wildman–Crippen MR) is 112 cm³/mol. The molecule has 3 aromatic rings. The number of nitrogens with one attached hydrogen (secondary N) is 1. The highest BCUT2D eigenvalue weighted by molar-refractivity contribution is 5.98. The summed E-state index contributed by atoms with van der Waals surface area (Å²) in [6, 6.07) is 24.8. The van der Waals surface area contributed by atoms with Crippen LogP contribution in [0.1, 0.15) is 28.4 Å². The van der Waals surface area contributed by atoms with Crippen LogP contribution in [-0.2, 0) is 16.1 Å². The number of carbonyl (C=O) groups is 2. The highest BCUT2D eigenvalue weighted by Crippen LogP contribution is 2.17. The summed E-state index contributed by atoms with van der Waals surface area (Å²) >= 11 is 0. The number of nitrogens with zero attached hydrogens (tertiary/aromatic N) is 1. The summed E-state index contributed by atoms with van der Waals surface area (Å²) in [5.41, 5.74) is 1.66. The van der Waals surface area contributed by atoms with Gasteiger partial charge in [0.05, 0.1) is 16.8 Å². The van der Waals surface area contributed by atoms with E-state index in [1.54, 1.807) is 48.5 Å². The van der Waals surface area contributed by atoms with Crippen molar-refractivity contribution in [2.24, 2.45) is 0 Å². The molecule has 0 aliphatic heterocycles. The Kier molecular flexibility index (Phi) is 6.80. The summed E-state index contributed by atoms with van der Waals surface area (Å²) in [5, 5.41) is 11.7. The standard InChI is InChI=1S/C24H20N2O4/c1-17(23(27)26-22-14-8-6-9-18(22)15-25)30-24(28)21-13-7-5-10-19(21)16-29-20-11-3-2-4-12-20/h2-14,17H,16H2,1H3,(H,26,27)/t17-/m1/s1. The van der Waals surface area contributed by atoms with Gasteiger partial charge in [0.2, 0.25) is 0 Å². The van der Waals surface area contributed by atoms with Crippen molar-refractivity contribution in [2.75, 3.05) is 5.32 Å². The van der Waals surface area contributed by atoms with Gasteiger partial charge in [0.1, 0.15) is 18.4 Å². The van der Waals surface area contributed by atoms with Crippen LogP contribution in [-0.4, -0.2) is 18.0 Å². The monoisotopic (exact) mass is 400 g/mol. The van der Waals surface area contributed by atoms with Crippen molar-refractivity contribution >= 4 is 17.6 Å². The van der Waals surface area contributed by atoms with Crippen LogP contribution in [0.4, 0.5) is 5.69 Å². The molecule has 0 radical (unpaired) electrons. The lowest BCUT2D eigenvalue weighted by Crippen LogP contribution is -2.30. The fraction of sp³-hybridized carbons (Fsp3) is 0.125. The molecule has 0 bridgehead atoms. The second-order valence-electron chi connectivity index (χ2n) is 6.45. The first-order valence-corrected chi connectivity index (χ1v) is 9.35. The van der Waals surface area contributed by atoms with E-state index in [-0.39, 0.29) is 6.61 Å². The Morgan fingerprint density at radius 2 is 1.63 bits per heavy atom. The minimum atomic E-state index is -1.05. The van der Waals surface area contributed by atoms with Crippen LogP contribution in [0.15, 0.2) is 78.9 Å². The molecule has 30 heavy (non-hydrogen) atoms. The fourth-order valence-electron chi connectivity index (χ4n) is 2.72. The second-order valence-corrected chi connectivity index (χ2v) is 6.45. The molecule has 0 saturated heterocycles. The summed E-state index contributed by atoms with van der Waals surface area (Å²) in [4.78, 5) is 25.1. The third-order valence-corrected chi connectivity index (χ3v) is 4.33. The Morgan fingerprint density at radius 3 is 2.40 bits per heavy atom. The van der Waals surface area contributed by atoms with Gasteiger partial charge in [0.25, 0.3) is 5.91 Å². The molecule has 3 rings (SSSR count). The van der Waals surface area contributed by atoms with Gasteiger partial charge >= 0.3 is 5.97 Å². The lowest BCUT2D eigenvalue weighted by atomic mass is 10.1. The summed E-state index contributed by atoms with van der Waals surface area (Å²) < 4.78 is 11.1. The summed E-state index contributed by atoms with van der Waals surface area (Å²) in [6.45, 7) is 1.66. The molecule has 0 fully saturated rings. The number of hydrogen-bond acceptors (Lipinski definition) is 5. The van der Waals surface area contributed by atoms with Gasteiger partial charge in [-0.15, -0.1) is 0 Å². The number of rotatable bonds is 7. The number of anilines is 1. The Labute approximate surface area is 174 Å². The first kappa shape index (κ1) is 20.6. The van der Waals surface area contributed by atoms with Crippen molar-refractivity contribution in [3.05, 3.63) is 95.6 Å². The SMILES string of the molecule is C[C@@H](OC(=O)c1ccccc1COc1ccccc1)C(=O)Nc1ccccc1C#N. The van der Waals surface area contributed by atoms with E-state index in [4.69, 9.17) is 14.7 Å². The van der Waals surface area contributed by atoms with Gasteiger partial charge in [-0.3, -0.25) is 4.79 Å². The van der Waals surface area contributed by atoms with Crippen molar-refractivity contribution in [1.82, 2.24) is 0 Å². The Balaban J connectivity index is 1.65. The van der Waals surface area contributed by atoms with E-state index in [2.05, 4.69) is 5.32 Å². The normalized spacial score (nSPS) is 11.1. The molecular formula is C24H20N2O4. The zero-order valence-corrected chi connectivity index (χ0v) is 16.4. The zero-order valence-electron chi connectivity index (χ0n) is 16.4. The molecule has 6 nitrogen and oxygen atoms in total.